The molecule has 5 nitrogen and oxygen atoms in total. The summed E-state index contributed by atoms with van der Waals surface area (Å²) in [6.45, 7) is 6.04. The number of hydrogen-bond acceptors (Lipinski definition) is 6. The van der Waals surface area contributed by atoms with Crippen molar-refractivity contribution in [1.29, 1.82) is 0 Å². The Morgan fingerprint density at radius 1 is 0.868 bits per heavy atom. The van der Waals surface area contributed by atoms with Crippen LogP contribution in [0.15, 0.2) is 60.7 Å². The van der Waals surface area contributed by atoms with Crippen LogP contribution in [0, 0.1) is 0 Å². The molecule has 0 saturated carbocycles. The molecule has 1 aromatic heterocycles. The zero-order valence-corrected chi connectivity index (χ0v) is 23.2. The van der Waals surface area contributed by atoms with Gasteiger partial charge in [0.25, 0.3) is 0 Å². The normalized spacial score (nSPS) is 14.0. The monoisotopic (exact) mass is 529 g/mol. The Bertz CT molecular complexity index is 1400. The van der Waals surface area contributed by atoms with Crippen LogP contribution in [0.4, 0.5) is 0 Å². The van der Waals surface area contributed by atoms with E-state index in [-0.39, 0.29) is 5.78 Å². The third kappa shape index (κ3) is 5.57. The molecular formula is C32H35NO4S. The van der Waals surface area contributed by atoms with Gasteiger partial charge in [0.05, 0.1) is 14.2 Å². The molecule has 0 spiro atoms. The van der Waals surface area contributed by atoms with Crippen molar-refractivity contribution < 1.29 is 19.0 Å². The van der Waals surface area contributed by atoms with E-state index in [1.165, 1.54) is 19.3 Å². The Labute approximate surface area is 229 Å². The van der Waals surface area contributed by atoms with Crippen molar-refractivity contribution >= 4 is 27.2 Å². The Balaban J connectivity index is 1.45. The molecule has 1 saturated heterocycles. The quantitative estimate of drug-likeness (QED) is 0.203. The van der Waals surface area contributed by atoms with Crippen LogP contribution >= 0.6 is 11.3 Å². The molecule has 0 N–H and O–H groups in total. The lowest BCUT2D eigenvalue weighted by Crippen LogP contribution is -2.33. The molecule has 198 valence electrons. The summed E-state index contributed by atoms with van der Waals surface area (Å²) in [6, 6.07) is 19.6. The minimum Gasteiger partial charge on any atom is -0.497 e. The van der Waals surface area contributed by atoms with Gasteiger partial charge in [-0.25, -0.2) is 0 Å². The van der Waals surface area contributed by atoms with Gasteiger partial charge in [0.2, 0.25) is 0 Å². The van der Waals surface area contributed by atoms with E-state index >= 15 is 0 Å². The van der Waals surface area contributed by atoms with Crippen molar-refractivity contribution in [3.8, 4) is 27.7 Å². The highest BCUT2D eigenvalue weighted by Crippen LogP contribution is 2.43. The van der Waals surface area contributed by atoms with Gasteiger partial charge in [-0.3, -0.25) is 9.69 Å². The summed E-state index contributed by atoms with van der Waals surface area (Å²) in [5, 5.41) is 0.940. The summed E-state index contributed by atoms with van der Waals surface area (Å²) in [7, 11) is 3.34. The number of methoxy groups -OCH3 is 2. The fourth-order valence-corrected chi connectivity index (χ4v) is 6.44. The number of likely N-dealkylation sites (tertiary alicyclic amines) is 1. The third-order valence-corrected chi connectivity index (χ3v) is 8.49. The second kappa shape index (κ2) is 12.0. The Morgan fingerprint density at radius 2 is 1.55 bits per heavy atom. The van der Waals surface area contributed by atoms with Crippen LogP contribution in [0.1, 0.15) is 47.7 Å². The van der Waals surface area contributed by atoms with E-state index < -0.39 is 0 Å². The van der Waals surface area contributed by atoms with E-state index in [0.29, 0.717) is 12.2 Å². The van der Waals surface area contributed by atoms with Crippen molar-refractivity contribution in [1.82, 2.24) is 4.90 Å². The smallest absolute Gasteiger partial charge is 0.195 e. The van der Waals surface area contributed by atoms with Crippen LogP contribution in [0.2, 0.25) is 0 Å². The minimum absolute atomic E-state index is 0.00848. The SMILES string of the molecule is CCc1cc(OC)ccc1-c1sc2cc(OC)ccc2c1C(=O)c1ccc(OCCN2CCCCC2)cc1. The number of carbonyl (C=O) groups is 1. The highest BCUT2D eigenvalue weighted by Gasteiger charge is 2.23. The molecular weight excluding hydrogens is 494 g/mol. The first-order chi connectivity index (χ1) is 18.6. The Hall–Kier alpha value is -3.35. The van der Waals surface area contributed by atoms with Gasteiger partial charge in [0.15, 0.2) is 5.78 Å². The van der Waals surface area contributed by atoms with Gasteiger partial charge in [-0.1, -0.05) is 13.3 Å². The summed E-state index contributed by atoms with van der Waals surface area (Å²) < 4.78 is 18.0. The predicted octanol–water partition coefficient (Wildman–Crippen LogP) is 7.24. The first-order valence-corrected chi connectivity index (χ1v) is 14.2. The Morgan fingerprint density at radius 3 is 2.26 bits per heavy atom. The fourth-order valence-electron chi connectivity index (χ4n) is 5.15. The maximum Gasteiger partial charge on any atom is 0.195 e. The predicted molar refractivity (Wildman–Crippen MR) is 155 cm³/mol. The van der Waals surface area contributed by atoms with Crippen LogP contribution in [-0.4, -0.2) is 51.1 Å². The molecule has 0 amide bonds. The average molecular weight is 530 g/mol. The molecule has 5 rings (SSSR count). The van der Waals surface area contributed by atoms with Gasteiger partial charge in [0.1, 0.15) is 23.9 Å². The molecule has 0 radical (unpaired) electrons. The molecule has 2 heterocycles. The largest absolute Gasteiger partial charge is 0.497 e. The molecule has 1 aliphatic rings. The second-order valence-electron chi connectivity index (χ2n) is 9.65. The zero-order chi connectivity index (χ0) is 26.5. The van der Waals surface area contributed by atoms with Crippen LogP contribution in [0.5, 0.6) is 17.2 Å². The molecule has 0 bridgehead atoms. The molecule has 0 unspecified atom stereocenters. The fraction of sp³-hybridized carbons (Fsp3) is 0.344. The molecule has 0 atom stereocenters. The van der Waals surface area contributed by atoms with E-state index in [9.17, 15) is 4.79 Å². The van der Waals surface area contributed by atoms with E-state index in [1.807, 2.05) is 48.5 Å². The minimum atomic E-state index is 0.00848. The van der Waals surface area contributed by atoms with E-state index in [2.05, 4.69) is 24.0 Å². The van der Waals surface area contributed by atoms with Crippen molar-refractivity contribution in [2.45, 2.75) is 32.6 Å². The number of benzene rings is 3. The van der Waals surface area contributed by atoms with Gasteiger partial charge >= 0.3 is 0 Å². The lowest BCUT2D eigenvalue weighted by atomic mass is 9.94. The second-order valence-corrected chi connectivity index (χ2v) is 10.7. The first-order valence-electron chi connectivity index (χ1n) is 13.4. The van der Waals surface area contributed by atoms with Crippen molar-refractivity contribution in [3.63, 3.8) is 0 Å². The number of aryl methyl sites for hydroxylation is 1. The molecule has 1 aliphatic heterocycles. The topological polar surface area (TPSA) is 48.0 Å². The number of ketones is 1. The molecule has 4 aromatic rings. The van der Waals surface area contributed by atoms with Gasteiger partial charge in [-0.05, 0) is 104 Å². The number of hydrogen-bond donors (Lipinski definition) is 0. The molecule has 0 aliphatic carbocycles. The maximum atomic E-state index is 14.0. The van der Waals surface area contributed by atoms with Crippen LogP contribution < -0.4 is 14.2 Å². The van der Waals surface area contributed by atoms with Crippen molar-refractivity contribution in [2.75, 3.05) is 40.5 Å². The Kier molecular flexibility index (Phi) is 8.30. The molecule has 38 heavy (non-hydrogen) atoms. The van der Waals surface area contributed by atoms with E-state index in [0.717, 1.165) is 75.0 Å². The van der Waals surface area contributed by atoms with Gasteiger partial charge in [-0.2, -0.15) is 0 Å². The number of rotatable bonds is 10. The number of ether oxygens (including phenoxy) is 3. The van der Waals surface area contributed by atoms with Crippen LogP contribution in [0.3, 0.4) is 0 Å². The molecule has 1 fully saturated rings. The maximum absolute atomic E-state index is 14.0. The highest BCUT2D eigenvalue weighted by atomic mass is 32.1. The summed E-state index contributed by atoms with van der Waals surface area (Å²) in [6.07, 6.45) is 4.72. The summed E-state index contributed by atoms with van der Waals surface area (Å²) in [5.41, 5.74) is 3.59. The summed E-state index contributed by atoms with van der Waals surface area (Å²) in [4.78, 5) is 17.5. The average Bonchev–Trinajstić information content (AvgIpc) is 3.35. The summed E-state index contributed by atoms with van der Waals surface area (Å²) in [5.74, 6) is 2.40. The van der Waals surface area contributed by atoms with Crippen LogP contribution in [0.25, 0.3) is 20.5 Å². The van der Waals surface area contributed by atoms with Gasteiger partial charge < -0.3 is 14.2 Å². The van der Waals surface area contributed by atoms with Gasteiger partial charge in [0, 0.05) is 32.6 Å². The standard InChI is InChI=1S/C32H35NO4S/c1-4-22-20-25(35-2)12-14-27(22)32-30(28-15-13-26(36-3)21-29(28)38-32)31(34)23-8-10-24(11-9-23)37-19-18-33-16-6-5-7-17-33/h8-15,20-21H,4-7,16-19H2,1-3H3. The lowest BCUT2D eigenvalue weighted by Gasteiger charge is -2.26. The van der Waals surface area contributed by atoms with Crippen molar-refractivity contribution in [2.24, 2.45) is 0 Å². The van der Waals surface area contributed by atoms with E-state index in [1.54, 1.807) is 25.6 Å². The third-order valence-electron chi connectivity index (χ3n) is 7.30. The number of nitrogens with zero attached hydrogens (tertiary/aromatic N) is 1. The highest BCUT2D eigenvalue weighted by molar-refractivity contribution is 7.22. The molecule has 3 aromatic carbocycles. The van der Waals surface area contributed by atoms with Gasteiger partial charge in [-0.15, -0.1) is 11.3 Å². The number of carbonyl (C=O) groups excluding carboxylic acids is 1. The van der Waals surface area contributed by atoms with Crippen molar-refractivity contribution in [3.05, 3.63) is 77.4 Å². The molecule has 6 heteroatoms. The summed E-state index contributed by atoms with van der Waals surface area (Å²) >= 11 is 1.63. The zero-order valence-electron chi connectivity index (χ0n) is 22.4. The number of thiophene rings is 1. The lowest BCUT2D eigenvalue weighted by molar-refractivity contribution is 0.104. The first kappa shape index (κ1) is 26.3. The van der Waals surface area contributed by atoms with Crippen LogP contribution in [-0.2, 0) is 6.42 Å². The number of piperidine rings is 1. The van der Waals surface area contributed by atoms with E-state index in [4.69, 9.17) is 14.2 Å². The number of fused-ring (bicyclic) bond motifs is 1.